The van der Waals surface area contributed by atoms with Crippen LogP contribution in [0.5, 0.6) is 0 Å². The van der Waals surface area contributed by atoms with Crippen LogP contribution in [0.25, 0.3) is 0 Å². The van der Waals surface area contributed by atoms with Gasteiger partial charge in [0, 0.05) is 18.3 Å². The van der Waals surface area contributed by atoms with Gasteiger partial charge in [-0.25, -0.2) is 8.42 Å². The van der Waals surface area contributed by atoms with Gasteiger partial charge in [-0.15, -0.1) is 0 Å². The van der Waals surface area contributed by atoms with Crippen LogP contribution in [0.15, 0.2) is 53.6 Å². The Kier molecular flexibility index (Phi) is 6.29. The molecule has 0 atom stereocenters. The molecule has 0 aliphatic carbocycles. The lowest BCUT2D eigenvalue weighted by Gasteiger charge is -2.49. The number of aromatic nitrogens is 1. The zero-order chi connectivity index (χ0) is 19.3. The van der Waals surface area contributed by atoms with Gasteiger partial charge >= 0.3 is 0 Å². The topological polar surface area (TPSA) is 70.1 Å². The van der Waals surface area contributed by atoms with E-state index >= 15 is 0 Å². The average Bonchev–Trinajstić information content (AvgIpc) is 2.69. The first kappa shape index (κ1) is 20.0. The van der Waals surface area contributed by atoms with Gasteiger partial charge in [-0.1, -0.05) is 23.8 Å². The maximum absolute atomic E-state index is 10.4. The molecule has 2 aromatic rings. The number of hydrogen-bond acceptors (Lipinski definition) is 4. The monoisotopic (exact) mass is 388 g/mol. The fourth-order valence-electron chi connectivity index (χ4n) is 4.08. The van der Waals surface area contributed by atoms with Crippen molar-refractivity contribution in [3.05, 3.63) is 59.9 Å². The van der Waals surface area contributed by atoms with Crippen LogP contribution < -0.4 is 0 Å². The highest BCUT2D eigenvalue weighted by atomic mass is 32.2. The molecule has 3 aliphatic heterocycles. The van der Waals surface area contributed by atoms with Crippen LogP contribution in [0.4, 0.5) is 0 Å². The van der Waals surface area contributed by atoms with Gasteiger partial charge in [-0.05, 0) is 56.4 Å². The highest BCUT2D eigenvalue weighted by Gasteiger charge is 2.39. The zero-order valence-electron chi connectivity index (χ0n) is 15.9. The standard InChI is InChI=1S/C14H21N2.C7H8O3S/c1-2-8-15-14(3-1)7-12-16-9-4-13(5-10-16)6-11-16;1-6-2-4-7(5-3-6)11(8,9)10/h1-3,8,13H,4-7,9-12H2;2-5H,1H3,(H,8,9,10)/q+1;/p-1. The maximum Gasteiger partial charge on any atom is 0.124 e. The summed E-state index contributed by atoms with van der Waals surface area (Å²) in [6.45, 7) is 7.41. The van der Waals surface area contributed by atoms with E-state index in [2.05, 4.69) is 17.1 Å². The fourth-order valence-corrected chi connectivity index (χ4v) is 4.55. The van der Waals surface area contributed by atoms with Crippen LogP contribution in [-0.4, -0.2) is 48.6 Å². The predicted octanol–water partition coefficient (Wildman–Crippen LogP) is 3.15. The second-order valence-corrected chi connectivity index (χ2v) is 9.19. The largest absolute Gasteiger partial charge is 0.744 e. The first-order valence-electron chi connectivity index (χ1n) is 9.64. The number of pyridine rings is 1. The summed E-state index contributed by atoms with van der Waals surface area (Å²) in [4.78, 5) is 4.25. The van der Waals surface area contributed by atoms with Gasteiger partial charge in [-0.3, -0.25) is 4.98 Å². The second kappa shape index (κ2) is 8.50. The van der Waals surface area contributed by atoms with E-state index in [1.807, 2.05) is 19.2 Å². The molecule has 6 heteroatoms. The summed E-state index contributed by atoms with van der Waals surface area (Å²) < 4.78 is 32.5. The van der Waals surface area contributed by atoms with E-state index < -0.39 is 10.1 Å². The Morgan fingerprint density at radius 2 is 1.67 bits per heavy atom. The number of fused-ring (bicyclic) bond motifs is 3. The summed E-state index contributed by atoms with van der Waals surface area (Å²) in [5.74, 6) is 1.06. The molecule has 0 radical (unpaired) electrons. The third-order valence-corrected chi connectivity index (χ3v) is 6.76. The smallest absolute Gasteiger partial charge is 0.124 e. The van der Waals surface area contributed by atoms with E-state index in [4.69, 9.17) is 0 Å². The zero-order valence-corrected chi connectivity index (χ0v) is 16.7. The second-order valence-electron chi connectivity index (χ2n) is 7.81. The molecule has 3 aliphatic rings. The van der Waals surface area contributed by atoms with Gasteiger partial charge in [0.25, 0.3) is 0 Å². The highest BCUT2D eigenvalue weighted by molar-refractivity contribution is 7.85. The summed E-state index contributed by atoms with van der Waals surface area (Å²) in [5, 5.41) is 0. The Balaban J connectivity index is 0.000000168. The molecule has 5 rings (SSSR count). The molecule has 0 amide bonds. The van der Waals surface area contributed by atoms with E-state index in [-0.39, 0.29) is 4.90 Å². The third kappa shape index (κ3) is 5.61. The number of quaternary nitrogens is 1. The predicted molar refractivity (Wildman–Crippen MR) is 104 cm³/mol. The molecule has 3 saturated heterocycles. The lowest BCUT2D eigenvalue weighted by molar-refractivity contribution is -0.942. The Morgan fingerprint density at radius 1 is 1.04 bits per heavy atom. The van der Waals surface area contributed by atoms with Crippen molar-refractivity contribution in [2.75, 3.05) is 26.2 Å². The van der Waals surface area contributed by atoms with Crippen LogP contribution in [0.1, 0.15) is 30.5 Å². The molecule has 3 fully saturated rings. The number of piperidine rings is 3. The molecule has 1 aromatic carbocycles. The Labute approximate surface area is 162 Å². The van der Waals surface area contributed by atoms with Crippen LogP contribution in [-0.2, 0) is 16.5 Å². The quantitative estimate of drug-likeness (QED) is 0.596. The van der Waals surface area contributed by atoms with Gasteiger partial charge in [0.1, 0.15) is 10.1 Å². The first-order chi connectivity index (χ1) is 12.9. The number of nitrogens with zero attached hydrogens (tertiary/aromatic N) is 2. The minimum Gasteiger partial charge on any atom is -0.744 e. The summed E-state index contributed by atoms with van der Waals surface area (Å²) in [6.07, 6.45) is 7.50. The van der Waals surface area contributed by atoms with Crippen LogP contribution in [0.2, 0.25) is 0 Å². The molecule has 2 bridgehead atoms. The molecule has 0 N–H and O–H groups in total. The lowest BCUT2D eigenvalue weighted by atomic mass is 9.85. The summed E-state index contributed by atoms with van der Waals surface area (Å²) >= 11 is 0. The van der Waals surface area contributed by atoms with Crippen LogP contribution >= 0.6 is 0 Å². The summed E-state index contributed by atoms with van der Waals surface area (Å²) in [7, 11) is -4.27. The van der Waals surface area contributed by atoms with E-state index in [9.17, 15) is 13.0 Å². The fraction of sp³-hybridized carbons (Fsp3) is 0.476. The molecule has 1 aromatic heterocycles. The highest BCUT2D eigenvalue weighted by Crippen LogP contribution is 2.33. The van der Waals surface area contributed by atoms with E-state index in [1.54, 1.807) is 12.1 Å². The van der Waals surface area contributed by atoms with E-state index in [1.165, 1.54) is 67.8 Å². The molecule has 0 unspecified atom stereocenters. The molecule has 0 saturated carbocycles. The van der Waals surface area contributed by atoms with Gasteiger partial charge in [0.05, 0.1) is 31.1 Å². The molecular weight excluding hydrogens is 360 g/mol. The third-order valence-electron chi connectivity index (χ3n) is 5.91. The SMILES string of the molecule is Cc1ccc(S(=O)(=O)[O-])cc1.c1ccc(CC[N+]23CCC(CC2)CC3)nc1. The van der Waals surface area contributed by atoms with Crippen molar-refractivity contribution in [1.29, 1.82) is 0 Å². The number of aryl methyl sites for hydroxylation is 1. The number of rotatable bonds is 4. The van der Waals surface area contributed by atoms with Gasteiger partial charge in [-0.2, -0.15) is 0 Å². The lowest BCUT2D eigenvalue weighted by Crippen LogP contribution is -2.58. The van der Waals surface area contributed by atoms with Gasteiger partial charge in [0.15, 0.2) is 0 Å². The van der Waals surface area contributed by atoms with E-state index in [0.717, 1.165) is 17.9 Å². The molecule has 0 spiro atoms. The normalized spacial score (nSPS) is 24.1. The molecule has 146 valence electrons. The van der Waals surface area contributed by atoms with Crippen molar-refractivity contribution in [3.63, 3.8) is 0 Å². The maximum atomic E-state index is 10.4. The van der Waals surface area contributed by atoms with Gasteiger partial charge < -0.3 is 9.04 Å². The van der Waals surface area contributed by atoms with Crippen LogP contribution in [0.3, 0.4) is 0 Å². The minimum absolute atomic E-state index is 0.178. The number of benzene rings is 1. The van der Waals surface area contributed by atoms with Crippen molar-refractivity contribution in [2.45, 2.75) is 37.5 Å². The Morgan fingerprint density at radius 3 is 2.19 bits per heavy atom. The molecule has 4 heterocycles. The average molecular weight is 389 g/mol. The van der Waals surface area contributed by atoms with Gasteiger partial charge in [0.2, 0.25) is 0 Å². The Bertz CT molecular complexity index is 814. The van der Waals surface area contributed by atoms with Crippen molar-refractivity contribution < 1.29 is 17.5 Å². The van der Waals surface area contributed by atoms with Crippen molar-refractivity contribution in [1.82, 2.24) is 4.98 Å². The van der Waals surface area contributed by atoms with E-state index in [0.29, 0.717) is 0 Å². The summed E-state index contributed by atoms with van der Waals surface area (Å²) in [6, 6.07) is 12.0. The Hall–Kier alpha value is -1.76. The minimum atomic E-state index is -4.27. The molecular formula is C21H28N2O3S. The molecule has 5 nitrogen and oxygen atoms in total. The van der Waals surface area contributed by atoms with Crippen molar-refractivity contribution >= 4 is 10.1 Å². The number of hydrogen-bond donors (Lipinski definition) is 0. The van der Waals surface area contributed by atoms with Crippen molar-refractivity contribution in [3.8, 4) is 0 Å². The van der Waals surface area contributed by atoms with Crippen LogP contribution in [0, 0.1) is 12.8 Å². The molecule has 27 heavy (non-hydrogen) atoms. The van der Waals surface area contributed by atoms with Crippen molar-refractivity contribution in [2.24, 2.45) is 5.92 Å². The summed E-state index contributed by atoms with van der Waals surface area (Å²) in [5.41, 5.74) is 2.19. The first-order valence-corrected chi connectivity index (χ1v) is 11.0.